The highest BCUT2D eigenvalue weighted by Gasteiger charge is 2.30. The fourth-order valence-corrected chi connectivity index (χ4v) is 4.27. The van der Waals surface area contributed by atoms with Gasteiger partial charge in [0.1, 0.15) is 5.69 Å². The molecule has 21 heavy (non-hydrogen) atoms. The predicted octanol–water partition coefficient (Wildman–Crippen LogP) is 1.50. The van der Waals surface area contributed by atoms with E-state index in [2.05, 4.69) is 10.4 Å². The van der Waals surface area contributed by atoms with Gasteiger partial charge in [-0.3, -0.25) is 10.1 Å². The Morgan fingerprint density at radius 2 is 2.24 bits per heavy atom. The quantitative estimate of drug-likeness (QED) is 0.651. The number of aromatic nitrogens is 2. The van der Waals surface area contributed by atoms with E-state index in [1.807, 2.05) is 6.92 Å². The minimum Gasteiger partial charge on any atom is -0.361 e. The van der Waals surface area contributed by atoms with Crippen molar-refractivity contribution in [2.45, 2.75) is 45.7 Å². The lowest BCUT2D eigenvalue weighted by Crippen LogP contribution is -2.35. The topological polar surface area (TPSA) is 107 Å². The van der Waals surface area contributed by atoms with Crippen molar-refractivity contribution >= 4 is 21.3 Å². The Labute approximate surface area is 123 Å². The molecule has 118 valence electrons. The largest absolute Gasteiger partial charge is 0.361 e. The molecule has 0 saturated carbocycles. The molecule has 1 aliphatic heterocycles. The molecular formula is C12H20N4O4S. The third-order valence-electron chi connectivity index (χ3n) is 3.52. The lowest BCUT2D eigenvalue weighted by molar-refractivity contribution is -0.384. The average Bonchev–Trinajstić information content (AvgIpc) is 2.65. The van der Waals surface area contributed by atoms with E-state index in [1.54, 1.807) is 11.6 Å². The highest BCUT2D eigenvalue weighted by atomic mass is 32.2. The van der Waals surface area contributed by atoms with Gasteiger partial charge in [-0.25, -0.2) is 13.1 Å². The second-order valence-electron chi connectivity index (χ2n) is 5.36. The molecule has 8 nitrogen and oxygen atoms in total. The number of hydrogen-bond acceptors (Lipinski definition) is 6. The number of nitrogens with zero attached hydrogens (tertiary/aromatic N) is 3. The maximum Gasteiger partial charge on any atom is 0.333 e. The lowest BCUT2D eigenvalue weighted by atomic mass is 10.2. The van der Waals surface area contributed by atoms with Crippen molar-refractivity contribution in [3.63, 3.8) is 0 Å². The summed E-state index contributed by atoms with van der Waals surface area (Å²) in [5.74, 6) is 0.530. The zero-order chi connectivity index (χ0) is 15.6. The van der Waals surface area contributed by atoms with Gasteiger partial charge in [0.2, 0.25) is 5.82 Å². The third-order valence-corrected chi connectivity index (χ3v) is 5.34. The third kappa shape index (κ3) is 3.52. The Morgan fingerprint density at radius 1 is 1.52 bits per heavy atom. The van der Waals surface area contributed by atoms with Crippen molar-refractivity contribution in [1.29, 1.82) is 0 Å². The molecule has 0 aliphatic carbocycles. The molecule has 1 aromatic heterocycles. The van der Waals surface area contributed by atoms with Gasteiger partial charge in [-0.1, -0.05) is 6.92 Å². The zero-order valence-corrected chi connectivity index (χ0v) is 13.0. The SMILES string of the molecule is CCCn1nc(C)c([N+](=O)[O-])c1NC1CCCS(=O)(=O)C1. The van der Waals surface area contributed by atoms with Gasteiger partial charge in [-0.15, -0.1) is 0 Å². The summed E-state index contributed by atoms with van der Waals surface area (Å²) in [6.07, 6.45) is 2.05. The van der Waals surface area contributed by atoms with Crippen LogP contribution < -0.4 is 5.32 Å². The van der Waals surface area contributed by atoms with Crippen LogP contribution in [0.5, 0.6) is 0 Å². The summed E-state index contributed by atoms with van der Waals surface area (Å²) in [7, 11) is -3.07. The molecule has 1 unspecified atom stereocenters. The Bertz CT molecular complexity index is 638. The Morgan fingerprint density at radius 3 is 2.81 bits per heavy atom. The maximum absolute atomic E-state index is 11.7. The summed E-state index contributed by atoms with van der Waals surface area (Å²) in [5, 5.41) is 18.4. The molecule has 0 aromatic carbocycles. The monoisotopic (exact) mass is 316 g/mol. The van der Waals surface area contributed by atoms with Crippen LogP contribution in [0.3, 0.4) is 0 Å². The Hall–Kier alpha value is -1.64. The van der Waals surface area contributed by atoms with Gasteiger partial charge in [-0.05, 0) is 26.2 Å². The molecule has 1 fully saturated rings. The van der Waals surface area contributed by atoms with E-state index < -0.39 is 14.8 Å². The predicted molar refractivity (Wildman–Crippen MR) is 79.2 cm³/mol. The summed E-state index contributed by atoms with van der Waals surface area (Å²) >= 11 is 0. The van der Waals surface area contributed by atoms with Crippen molar-refractivity contribution in [3.05, 3.63) is 15.8 Å². The fourth-order valence-electron chi connectivity index (χ4n) is 2.64. The van der Waals surface area contributed by atoms with Gasteiger partial charge in [0.15, 0.2) is 9.84 Å². The number of nitrogens with one attached hydrogen (secondary N) is 1. The highest BCUT2D eigenvalue weighted by molar-refractivity contribution is 7.91. The Kier molecular flexibility index (Phi) is 4.50. The highest BCUT2D eigenvalue weighted by Crippen LogP contribution is 2.30. The van der Waals surface area contributed by atoms with Gasteiger partial charge in [0.25, 0.3) is 0 Å². The Balaban J connectivity index is 2.31. The molecule has 0 spiro atoms. The molecule has 2 heterocycles. The van der Waals surface area contributed by atoms with Crippen molar-refractivity contribution < 1.29 is 13.3 Å². The summed E-state index contributed by atoms with van der Waals surface area (Å²) in [6.45, 7) is 4.10. The second-order valence-corrected chi connectivity index (χ2v) is 7.59. The van der Waals surface area contributed by atoms with Gasteiger partial charge in [0.05, 0.1) is 16.4 Å². The molecule has 0 bridgehead atoms. The fraction of sp³-hybridized carbons (Fsp3) is 0.750. The minimum atomic E-state index is -3.07. The van der Waals surface area contributed by atoms with Crippen molar-refractivity contribution in [2.75, 3.05) is 16.8 Å². The molecule has 1 aromatic rings. The van der Waals surface area contributed by atoms with Crippen molar-refractivity contribution in [3.8, 4) is 0 Å². The molecule has 0 amide bonds. The van der Waals surface area contributed by atoms with Crippen LogP contribution >= 0.6 is 0 Å². The van der Waals surface area contributed by atoms with Crippen LogP contribution in [-0.4, -0.2) is 40.7 Å². The molecule has 9 heteroatoms. The van der Waals surface area contributed by atoms with E-state index in [-0.39, 0.29) is 23.2 Å². The van der Waals surface area contributed by atoms with Crippen molar-refractivity contribution in [2.24, 2.45) is 0 Å². The number of aryl methyl sites for hydroxylation is 2. The van der Waals surface area contributed by atoms with Crippen LogP contribution in [0.1, 0.15) is 31.9 Å². The minimum absolute atomic E-state index is 0.0144. The molecular weight excluding hydrogens is 296 g/mol. The first-order valence-corrected chi connectivity index (χ1v) is 8.85. The van der Waals surface area contributed by atoms with Gasteiger partial charge >= 0.3 is 5.69 Å². The molecule has 2 rings (SSSR count). The number of hydrogen-bond donors (Lipinski definition) is 1. The standard InChI is InChI=1S/C12H20N4O4S/c1-3-6-15-12(11(16(17)18)9(2)14-15)13-10-5-4-7-21(19,20)8-10/h10,13H,3-8H2,1-2H3. The van der Waals surface area contributed by atoms with Gasteiger partial charge in [-0.2, -0.15) is 5.10 Å². The summed E-state index contributed by atoms with van der Waals surface area (Å²) in [6, 6.07) is -0.297. The van der Waals surface area contributed by atoms with Crippen LogP contribution in [0.2, 0.25) is 0 Å². The van der Waals surface area contributed by atoms with Crippen LogP contribution in [0.4, 0.5) is 11.5 Å². The molecule has 1 aliphatic rings. The first-order chi connectivity index (χ1) is 9.84. The second kappa shape index (κ2) is 6.00. The number of nitro groups is 1. The van der Waals surface area contributed by atoms with Crippen LogP contribution in [0, 0.1) is 17.0 Å². The maximum atomic E-state index is 11.7. The van der Waals surface area contributed by atoms with E-state index in [4.69, 9.17) is 0 Å². The lowest BCUT2D eigenvalue weighted by Gasteiger charge is -2.23. The van der Waals surface area contributed by atoms with Crippen LogP contribution in [0.15, 0.2) is 0 Å². The van der Waals surface area contributed by atoms with Gasteiger partial charge in [0, 0.05) is 12.6 Å². The van der Waals surface area contributed by atoms with E-state index in [0.717, 1.165) is 6.42 Å². The average molecular weight is 316 g/mol. The van der Waals surface area contributed by atoms with Gasteiger partial charge < -0.3 is 5.32 Å². The van der Waals surface area contributed by atoms with Crippen molar-refractivity contribution in [1.82, 2.24) is 9.78 Å². The first kappa shape index (κ1) is 15.7. The van der Waals surface area contributed by atoms with E-state index >= 15 is 0 Å². The molecule has 1 atom stereocenters. The normalized spacial score (nSPS) is 21.1. The number of sulfone groups is 1. The zero-order valence-electron chi connectivity index (χ0n) is 12.2. The molecule has 0 radical (unpaired) electrons. The smallest absolute Gasteiger partial charge is 0.333 e. The van der Waals surface area contributed by atoms with Crippen LogP contribution in [0.25, 0.3) is 0 Å². The molecule has 1 saturated heterocycles. The summed E-state index contributed by atoms with van der Waals surface area (Å²) < 4.78 is 24.9. The first-order valence-electron chi connectivity index (χ1n) is 7.03. The molecule has 1 N–H and O–H groups in total. The number of rotatable bonds is 5. The summed E-state index contributed by atoms with van der Waals surface area (Å²) in [4.78, 5) is 10.8. The summed E-state index contributed by atoms with van der Waals surface area (Å²) in [5.41, 5.74) is 0.279. The van der Waals surface area contributed by atoms with Crippen LogP contribution in [-0.2, 0) is 16.4 Å². The van der Waals surface area contributed by atoms with E-state index in [0.29, 0.717) is 30.9 Å². The number of anilines is 1. The van der Waals surface area contributed by atoms with E-state index in [9.17, 15) is 18.5 Å². The van der Waals surface area contributed by atoms with E-state index in [1.165, 1.54) is 0 Å².